The van der Waals surface area contributed by atoms with Gasteiger partial charge in [-0.05, 0) is 77.6 Å². The SMILES string of the molecule is CCCCc1ccc(-c2ccc3c(F)c(CCc4ccc(OC(F)(F)F)cc4)ccc3c2)c(F)c1. The van der Waals surface area contributed by atoms with Crippen molar-refractivity contribution >= 4 is 10.8 Å². The van der Waals surface area contributed by atoms with Gasteiger partial charge < -0.3 is 4.74 Å². The van der Waals surface area contributed by atoms with Gasteiger partial charge in [0.1, 0.15) is 17.4 Å². The van der Waals surface area contributed by atoms with Crippen LogP contribution in [0.4, 0.5) is 22.0 Å². The molecule has 0 unspecified atom stereocenters. The van der Waals surface area contributed by atoms with Crippen molar-refractivity contribution < 1.29 is 26.7 Å². The van der Waals surface area contributed by atoms with E-state index in [1.54, 1.807) is 36.4 Å². The molecule has 4 aromatic carbocycles. The van der Waals surface area contributed by atoms with Crippen molar-refractivity contribution in [2.75, 3.05) is 0 Å². The van der Waals surface area contributed by atoms with Gasteiger partial charge in [-0.3, -0.25) is 0 Å². The number of hydrogen-bond acceptors (Lipinski definition) is 1. The van der Waals surface area contributed by atoms with Crippen molar-refractivity contribution in [3.8, 4) is 16.9 Å². The number of rotatable bonds is 8. The predicted octanol–water partition coefficient (Wildman–Crippen LogP) is 8.81. The van der Waals surface area contributed by atoms with Crippen LogP contribution in [-0.4, -0.2) is 6.36 Å². The second-order valence-electron chi connectivity index (χ2n) is 8.58. The van der Waals surface area contributed by atoms with Crippen LogP contribution in [0.1, 0.15) is 36.5 Å². The summed E-state index contributed by atoms with van der Waals surface area (Å²) in [5.74, 6) is -0.927. The largest absolute Gasteiger partial charge is 0.573 e. The lowest BCUT2D eigenvalue weighted by atomic mass is 9.96. The summed E-state index contributed by atoms with van der Waals surface area (Å²) in [6.45, 7) is 2.10. The first-order valence-corrected chi connectivity index (χ1v) is 11.6. The Bertz CT molecular complexity index is 1310. The highest BCUT2D eigenvalue weighted by molar-refractivity contribution is 5.88. The molecule has 0 radical (unpaired) electrons. The van der Waals surface area contributed by atoms with Gasteiger partial charge in [0.25, 0.3) is 0 Å². The van der Waals surface area contributed by atoms with E-state index in [4.69, 9.17) is 0 Å². The molecule has 0 heterocycles. The number of halogens is 5. The van der Waals surface area contributed by atoms with Crippen LogP contribution >= 0.6 is 0 Å². The summed E-state index contributed by atoms with van der Waals surface area (Å²) in [5, 5.41) is 1.12. The van der Waals surface area contributed by atoms with Crippen LogP contribution in [0.25, 0.3) is 21.9 Å². The van der Waals surface area contributed by atoms with E-state index in [2.05, 4.69) is 11.7 Å². The fourth-order valence-electron chi connectivity index (χ4n) is 4.16. The van der Waals surface area contributed by atoms with Crippen molar-refractivity contribution in [1.82, 2.24) is 0 Å². The average Bonchev–Trinajstić information content (AvgIpc) is 2.82. The monoisotopic (exact) mass is 484 g/mol. The molecule has 0 bridgehead atoms. The molecule has 0 spiro atoms. The van der Waals surface area contributed by atoms with Gasteiger partial charge in [0.2, 0.25) is 0 Å². The Morgan fingerprint density at radius 1 is 0.743 bits per heavy atom. The van der Waals surface area contributed by atoms with E-state index >= 15 is 4.39 Å². The number of fused-ring (bicyclic) bond motifs is 1. The minimum atomic E-state index is -4.74. The molecule has 0 aliphatic heterocycles. The molecule has 4 aromatic rings. The van der Waals surface area contributed by atoms with E-state index in [-0.39, 0.29) is 17.4 Å². The normalized spacial score (nSPS) is 11.7. The first kappa shape index (κ1) is 24.7. The van der Waals surface area contributed by atoms with Crippen LogP contribution in [0.3, 0.4) is 0 Å². The van der Waals surface area contributed by atoms with Gasteiger partial charge >= 0.3 is 6.36 Å². The first-order valence-electron chi connectivity index (χ1n) is 11.6. The molecular weight excluding hydrogens is 459 g/mol. The molecule has 0 aliphatic rings. The third kappa shape index (κ3) is 6.18. The van der Waals surface area contributed by atoms with Crippen molar-refractivity contribution in [2.24, 2.45) is 0 Å². The van der Waals surface area contributed by atoms with E-state index in [9.17, 15) is 17.6 Å². The van der Waals surface area contributed by atoms with Crippen molar-refractivity contribution in [2.45, 2.75) is 45.4 Å². The molecule has 0 atom stereocenters. The molecule has 0 N–H and O–H groups in total. The minimum absolute atomic E-state index is 0.290. The highest BCUT2D eigenvalue weighted by Gasteiger charge is 2.30. The third-order valence-electron chi connectivity index (χ3n) is 6.04. The zero-order chi connectivity index (χ0) is 25.0. The zero-order valence-corrected chi connectivity index (χ0v) is 19.3. The van der Waals surface area contributed by atoms with Gasteiger partial charge in [-0.1, -0.05) is 61.9 Å². The Balaban J connectivity index is 1.49. The standard InChI is InChI=1S/C29H25F5O/c1-2-3-4-20-8-15-25(27(30)17-20)22-12-16-26-23(18-22)11-10-21(28(26)31)9-5-19-6-13-24(14-7-19)35-29(32,33)34/h6-8,10-18H,2-5,9H2,1H3. The van der Waals surface area contributed by atoms with Gasteiger partial charge in [-0.15, -0.1) is 13.2 Å². The Morgan fingerprint density at radius 2 is 1.49 bits per heavy atom. The zero-order valence-electron chi connectivity index (χ0n) is 19.3. The van der Waals surface area contributed by atoms with Gasteiger partial charge in [0, 0.05) is 10.9 Å². The van der Waals surface area contributed by atoms with Crippen molar-refractivity contribution in [3.63, 3.8) is 0 Å². The summed E-state index contributed by atoms with van der Waals surface area (Å²) >= 11 is 0. The molecule has 0 amide bonds. The fourth-order valence-corrected chi connectivity index (χ4v) is 4.16. The van der Waals surface area contributed by atoms with Gasteiger partial charge in [-0.2, -0.15) is 0 Å². The summed E-state index contributed by atoms with van der Waals surface area (Å²) in [7, 11) is 0. The summed E-state index contributed by atoms with van der Waals surface area (Å²) in [4.78, 5) is 0. The van der Waals surface area contributed by atoms with Crippen LogP contribution in [0.2, 0.25) is 0 Å². The van der Waals surface area contributed by atoms with Crippen LogP contribution in [0.5, 0.6) is 5.75 Å². The molecule has 4 rings (SSSR count). The minimum Gasteiger partial charge on any atom is -0.406 e. The summed E-state index contributed by atoms with van der Waals surface area (Å²) < 4.78 is 70.7. The van der Waals surface area contributed by atoms with Gasteiger partial charge in [0.15, 0.2) is 0 Å². The highest BCUT2D eigenvalue weighted by Crippen LogP contribution is 2.30. The lowest BCUT2D eigenvalue weighted by Gasteiger charge is -2.11. The fraction of sp³-hybridized carbons (Fsp3) is 0.241. The number of unbranched alkanes of at least 4 members (excludes halogenated alkanes) is 1. The van der Waals surface area contributed by atoms with E-state index in [0.717, 1.165) is 30.4 Å². The highest BCUT2D eigenvalue weighted by atomic mass is 19.4. The van der Waals surface area contributed by atoms with E-state index < -0.39 is 6.36 Å². The quantitative estimate of drug-likeness (QED) is 0.227. The van der Waals surface area contributed by atoms with E-state index in [1.807, 2.05) is 12.1 Å². The maximum atomic E-state index is 15.2. The lowest BCUT2D eigenvalue weighted by Crippen LogP contribution is -2.17. The molecule has 1 nitrogen and oxygen atoms in total. The molecule has 182 valence electrons. The second kappa shape index (κ2) is 10.5. The van der Waals surface area contributed by atoms with Crippen LogP contribution in [-0.2, 0) is 19.3 Å². The molecule has 0 saturated carbocycles. The topological polar surface area (TPSA) is 9.23 Å². The van der Waals surface area contributed by atoms with E-state index in [0.29, 0.717) is 40.3 Å². The molecule has 35 heavy (non-hydrogen) atoms. The van der Waals surface area contributed by atoms with Gasteiger partial charge in [0.05, 0.1) is 0 Å². The number of benzene rings is 4. The summed E-state index contributed by atoms with van der Waals surface area (Å²) in [6, 6.07) is 19.5. The molecule has 0 aromatic heterocycles. The molecule has 0 aliphatic carbocycles. The Morgan fingerprint density at radius 3 is 2.17 bits per heavy atom. The maximum absolute atomic E-state index is 15.2. The summed E-state index contributed by atoms with van der Waals surface area (Å²) in [6.07, 6.45) is -0.997. The number of alkyl halides is 3. The number of ether oxygens (including phenoxy) is 1. The van der Waals surface area contributed by atoms with Crippen LogP contribution < -0.4 is 4.74 Å². The van der Waals surface area contributed by atoms with E-state index in [1.165, 1.54) is 24.3 Å². The average molecular weight is 485 g/mol. The van der Waals surface area contributed by atoms with Crippen LogP contribution in [0, 0.1) is 11.6 Å². The predicted molar refractivity (Wildman–Crippen MR) is 128 cm³/mol. The summed E-state index contributed by atoms with van der Waals surface area (Å²) in [5.41, 5.74) is 3.41. The lowest BCUT2D eigenvalue weighted by molar-refractivity contribution is -0.274. The molecule has 6 heteroatoms. The van der Waals surface area contributed by atoms with Crippen molar-refractivity contribution in [1.29, 1.82) is 0 Å². The van der Waals surface area contributed by atoms with Gasteiger partial charge in [-0.25, -0.2) is 8.78 Å². The Kier molecular flexibility index (Phi) is 7.39. The molecule has 0 fully saturated rings. The number of hydrogen-bond donors (Lipinski definition) is 0. The Hall–Kier alpha value is -3.41. The second-order valence-corrected chi connectivity index (χ2v) is 8.58. The Labute approximate surface area is 201 Å². The molecular formula is C29H25F5O. The van der Waals surface area contributed by atoms with Crippen molar-refractivity contribution in [3.05, 3.63) is 101 Å². The first-order chi connectivity index (χ1) is 16.7. The molecule has 0 saturated heterocycles. The van der Waals surface area contributed by atoms with Crippen LogP contribution in [0.15, 0.2) is 72.8 Å². The number of aryl methyl sites for hydroxylation is 3. The third-order valence-corrected chi connectivity index (χ3v) is 6.04. The smallest absolute Gasteiger partial charge is 0.406 e. The maximum Gasteiger partial charge on any atom is 0.573 e.